The molecule has 0 N–H and O–H groups in total. The van der Waals surface area contributed by atoms with Gasteiger partial charge in [-0.25, -0.2) is 0 Å². The Morgan fingerprint density at radius 1 is 1.07 bits per heavy atom. The third kappa shape index (κ3) is 1.11. The van der Waals surface area contributed by atoms with E-state index in [0.29, 0.717) is 6.04 Å². The summed E-state index contributed by atoms with van der Waals surface area (Å²) in [5, 5.41) is 4.80. The summed E-state index contributed by atoms with van der Waals surface area (Å²) in [5.74, 6) is 3.57. The van der Waals surface area contributed by atoms with Gasteiger partial charge in [0.15, 0.2) is 0 Å². The summed E-state index contributed by atoms with van der Waals surface area (Å²) in [5.41, 5.74) is 0. The van der Waals surface area contributed by atoms with Crippen molar-refractivity contribution in [2.24, 2.45) is 29.0 Å². The summed E-state index contributed by atoms with van der Waals surface area (Å²) in [7, 11) is 1.86. The number of nitrogens with zero attached hydrogens (tertiary/aromatic N) is 2. The Balaban J connectivity index is 1.85. The topological polar surface area (TPSA) is 32.7 Å². The molecular formula is C11H18N2O. The van der Waals surface area contributed by atoms with Crippen molar-refractivity contribution in [3.63, 3.8) is 0 Å². The SMILES string of the molecule is CN(N=O)C1CC2CC3CC(C2)C1C3. The van der Waals surface area contributed by atoms with Crippen molar-refractivity contribution in [3.05, 3.63) is 4.91 Å². The van der Waals surface area contributed by atoms with Gasteiger partial charge >= 0.3 is 0 Å². The molecule has 3 fully saturated rings. The van der Waals surface area contributed by atoms with E-state index in [1.54, 1.807) is 5.01 Å². The molecule has 5 unspecified atom stereocenters. The molecule has 3 rings (SSSR count). The van der Waals surface area contributed by atoms with Crippen molar-refractivity contribution < 1.29 is 0 Å². The number of hydrogen-bond acceptors (Lipinski definition) is 2. The highest BCUT2D eigenvalue weighted by atomic mass is 16.3. The number of fused-ring (bicyclic) bond motifs is 2. The predicted molar refractivity (Wildman–Crippen MR) is 54.4 cm³/mol. The average Bonchev–Trinajstić information content (AvgIpc) is 2.40. The van der Waals surface area contributed by atoms with Crippen LogP contribution in [0.2, 0.25) is 0 Å². The Hall–Kier alpha value is -0.600. The molecule has 14 heavy (non-hydrogen) atoms. The van der Waals surface area contributed by atoms with Gasteiger partial charge in [0.2, 0.25) is 0 Å². The van der Waals surface area contributed by atoms with Gasteiger partial charge in [0.1, 0.15) is 0 Å². The van der Waals surface area contributed by atoms with Gasteiger partial charge in [-0.15, -0.1) is 4.91 Å². The van der Waals surface area contributed by atoms with Crippen LogP contribution < -0.4 is 0 Å². The molecule has 0 aliphatic heterocycles. The van der Waals surface area contributed by atoms with Crippen molar-refractivity contribution in [3.8, 4) is 0 Å². The lowest BCUT2D eigenvalue weighted by Gasteiger charge is -2.41. The van der Waals surface area contributed by atoms with Crippen LogP contribution in [0, 0.1) is 28.6 Å². The number of hydrogen-bond donors (Lipinski definition) is 0. The van der Waals surface area contributed by atoms with E-state index < -0.39 is 0 Å². The van der Waals surface area contributed by atoms with E-state index in [1.807, 2.05) is 7.05 Å². The van der Waals surface area contributed by atoms with Crippen LogP contribution in [0.15, 0.2) is 5.29 Å². The molecule has 3 aliphatic rings. The molecular weight excluding hydrogens is 176 g/mol. The number of rotatable bonds is 2. The quantitative estimate of drug-likeness (QED) is 0.499. The average molecular weight is 194 g/mol. The van der Waals surface area contributed by atoms with Crippen LogP contribution in [-0.4, -0.2) is 18.1 Å². The van der Waals surface area contributed by atoms with E-state index in [1.165, 1.54) is 32.1 Å². The minimum absolute atomic E-state index is 0.462. The zero-order valence-corrected chi connectivity index (χ0v) is 8.72. The first-order valence-corrected chi connectivity index (χ1v) is 5.84. The van der Waals surface area contributed by atoms with Crippen molar-refractivity contribution in [1.29, 1.82) is 0 Å². The van der Waals surface area contributed by atoms with Crippen LogP contribution in [0.1, 0.15) is 32.1 Å². The van der Waals surface area contributed by atoms with Crippen molar-refractivity contribution in [1.82, 2.24) is 5.01 Å². The molecule has 0 aromatic rings. The summed E-state index contributed by atoms with van der Waals surface area (Å²) >= 11 is 0. The maximum Gasteiger partial charge on any atom is 0.0532 e. The molecule has 0 saturated heterocycles. The summed E-state index contributed by atoms with van der Waals surface area (Å²) in [6.07, 6.45) is 6.89. The third-order valence-corrected chi connectivity index (χ3v) is 4.83. The molecule has 0 radical (unpaired) electrons. The Morgan fingerprint density at radius 2 is 1.79 bits per heavy atom. The van der Waals surface area contributed by atoms with Crippen LogP contribution >= 0.6 is 0 Å². The van der Waals surface area contributed by atoms with E-state index in [9.17, 15) is 4.91 Å². The molecule has 3 heteroatoms. The molecule has 0 aromatic carbocycles. The first-order valence-electron chi connectivity index (χ1n) is 5.84. The van der Waals surface area contributed by atoms with Gasteiger partial charge in [-0.3, -0.25) is 5.01 Å². The van der Waals surface area contributed by atoms with E-state index in [-0.39, 0.29) is 0 Å². The van der Waals surface area contributed by atoms with E-state index in [4.69, 9.17) is 0 Å². The maximum atomic E-state index is 10.6. The van der Waals surface area contributed by atoms with Gasteiger partial charge in [0.05, 0.1) is 11.3 Å². The van der Waals surface area contributed by atoms with Crippen LogP contribution in [0.5, 0.6) is 0 Å². The molecule has 0 heterocycles. The molecule has 3 nitrogen and oxygen atoms in total. The highest BCUT2D eigenvalue weighted by Crippen LogP contribution is 2.55. The van der Waals surface area contributed by atoms with Crippen LogP contribution in [0.3, 0.4) is 0 Å². The minimum atomic E-state index is 0.462. The summed E-state index contributed by atoms with van der Waals surface area (Å²) in [4.78, 5) is 10.6. The molecule has 78 valence electrons. The van der Waals surface area contributed by atoms with Crippen LogP contribution in [0.25, 0.3) is 0 Å². The number of nitroso groups, excluding NO2 is 1. The summed E-state index contributed by atoms with van der Waals surface area (Å²) in [6, 6.07) is 0.462. The first kappa shape index (κ1) is 8.69. The molecule has 0 spiro atoms. The second-order valence-electron chi connectivity index (χ2n) is 5.56. The van der Waals surface area contributed by atoms with E-state index >= 15 is 0 Å². The summed E-state index contributed by atoms with van der Waals surface area (Å²) in [6.45, 7) is 0. The molecule has 3 saturated carbocycles. The van der Waals surface area contributed by atoms with Crippen LogP contribution in [-0.2, 0) is 0 Å². The molecule has 0 aromatic heterocycles. The zero-order valence-electron chi connectivity index (χ0n) is 8.72. The van der Waals surface area contributed by atoms with Gasteiger partial charge in [-0.2, -0.15) is 0 Å². The Bertz CT molecular complexity index is 254. The Labute approximate surface area is 84.8 Å². The third-order valence-electron chi connectivity index (χ3n) is 4.83. The molecule has 3 bridgehead atoms. The lowest BCUT2D eigenvalue weighted by atomic mass is 9.70. The Morgan fingerprint density at radius 3 is 2.50 bits per heavy atom. The van der Waals surface area contributed by atoms with Crippen molar-refractivity contribution >= 4 is 0 Å². The Kier molecular flexibility index (Phi) is 1.83. The standard InChI is InChI=1S/C11H18N2O/c1-13(12-14)11-6-8-2-7-3-9(4-8)10(11)5-7/h7-11H,2-6H2,1H3. The van der Waals surface area contributed by atoms with Crippen LogP contribution in [0.4, 0.5) is 0 Å². The molecule has 5 atom stereocenters. The summed E-state index contributed by atoms with van der Waals surface area (Å²) < 4.78 is 0. The fourth-order valence-electron chi connectivity index (χ4n) is 4.41. The van der Waals surface area contributed by atoms with Gasteiger partial charge in [-0.05, 0) is 55.8 Å². The van der Waals surface area contributed by atoms with Gasteiger partial charge in [0.25, 0.3) is 0 Å². The minimum Gasteiger partial charge on any atom is -0.261 e. The maximum absolute atomic E-state index is 10.6. The van der Waals surface area contributed by atoms with Crippen molar-refractivity contribution in [2.75, 3.05) is 7.05 Å². The lowest BCUT2D eigenvalue weighted by Crippen LogP contribution is -2.41. The molecule has 3 aliphatic carbocycles. The second kappa shape index (κ2) is 2.94. The second-order valence-corrected chi connectivity index (χ2v) is 5.56. The largest absolute Gasteiger partial charge is 0.261 e. The smallest absolute Gasteiger partial charge is 0.0532 e. The lowest BCUT2D eigenvalue weighted by molar-refractivity contribution is 0.0673. The van der Waals surface area contributed by atoms with Crippen molar-refractivity contribution in [2.45, 2.75) is 38.1 Å². The molecule has 0 amide bonds. The fraction of sp³-hybridized carbons (Fsp3) is 1.00. The van der Waals surface area contributed by atoms with Gasteiger partial charge in [-0.1, -0.05) is 0 Å². The zero-order chi connectivity index (χ0) is 9.71. The highest BCUT2D eigenvalue weighted by molar-refractivity contribution is 5.01. The van der Waals surface area contributed by atoms with Gasteiger partial charge < -0.3 is 0 Å². The first-order chi connectivity index (χ1) is 6.78. The van der Waals surface area contributed by atoms with E-state index in [0.717, 1.165) is 23.7 Å². The normalized spacial score (nSPS) is 49.4. The predicted octanol–water partition coefficient (Wildman–Crippen LogP) is 2.42. The monoisotopic (exact) mass is 194 g/mol. The van der Waals surface area contributed by atoms with E-state index in [2.05, 4.69) is 5.29 Å². The highest BCUT2D eigenvalue weighted by Gasteiger charge is 2.50. The fourth-order valence-corrected chi connectivity index (χ4v) is 4.41. The van der Waals surface area contributed by atoms with Gasteiger partial charge in [0, 0.05) is 7.05 Å².